The second-order valence-electron chi connectivity index (χ2n) is 7.70. The zero-order chi connectivity index (χ0) is 20.4. The zero-order valence-corrected chi connectivity index (χ0v) is 16.5. The van der Waals surface area contributed by atoms with Gasteiger partial charge < -0.3 is 4.98 Å². The Morgan fingerprint density at radius 1 is 1.03 bits per heavy atom. The fraction of sp³-hybridized carbons (Fsp3) is 0.292. The van der Waals surface area contributed by atoms with Crippen LogP contribution in [-0.2, 0) is 6.42 Å². The van der Waals surface area contributed by atoms with Gasteiger partial charge in [0.05, 0.1) is 5.39 Å². The van der Waals surface area contributed by atoms with Crippen molar-refractivity contribution in [3.63, 3.8) is 0 Å². The number of halogens is 2. The van der Waals surface area contributed by atoms with Crippen molar-refractivity contribution in [1.29, 1.82) is 0 Å². The second-order valence-corrected chi connectivity index (χ2v) is 7.70. The number of hydrogen-bond acceptors (Lipinski definition) is 2. The Hall–Kier alpha value is -2.79. The molecule has 0 radical (unpaired) electrons. The van der Waals surface area contributed by atoms with Gasteiger partial charge in [0.15, 0.2) is 0 Å². The van der Waals surface area contributed by atoms with Crippen LogP contribution in [-0.4, -0.2) is 29.5 Å². The third-order valence-corrected chi connectivity index (χ3v) is 5.62. The van der Waals surface area contributed by atoms with Crippen molar-refractivity contribution in [3.05, 3.63) is 87.3 Å². The van der Waals surface area contributed by atoms with E-state index in [0.29, 0.717) is 5.39 Å². The molecule has 3 aromatic rings. The predicted octanol–water partition coefficient (Wildman–Crippen LogP) is 4.84. The first kappa shape index (κ1) is 19.5. The van der Waals surface area contributed by atoms with Crippen LogP contribution in [0.3, 0.4) is 0 Å². The van der Waals surface area contributed by atoms with Gasteiger partial charge in [-0.2, -0.15) is 0 Å². The molecule has 0 spiro atoms. The van der Waals surface area contributed by atoms with Crippen LogP contribution in [0.1, 0.15) is 29.7 Å². The minimum absolute atomic E-state index is 0.209. The van der Waals surface area contributed by atoms with Crippen LogP contribution in [0.5, 0.6) is 0 Å². The SMILES string of the molecule is Cc1cc(F)cc2c(=O)[nH]c(CCCN3CC=C(c4ccc(F)cc4)CC3)cc12. The van der Waals surface area contributed by atoms with Gasteiger partial charge in [0, 0.05) is 18.8 Å². The number of aryl methyl sites for hydroxylation is 2. The summed E-state index contributed by atoms with van der Waals surface area (Å²) in [7, 11) is 0. The first-order chi connectivity index (χ1) is 14.0. The van der Waals surface area contributed by atoms with Crippen LogP contribution < -0.4 is 5.56 Å². The van der Waals surface area contributed by atoms with E-state index in [1.807, 2.05) is 25.1 Å². The van der Waals surface area contributed by atoms with Crippen LogP contribution in [0.15, 0.2) is 53.3 Å². The summed E-state index contributed by atoms with van der Waals surface area (Å²) in [6, 6.07) is 11.4. The number of rotatable bonds is 5. The normalized spacial score (nSPS) is 14.9. The first-order valence-corrected chi connectivity index (χ1v) is 9.99. The second kappa shape index (κ2) is 8.29. The minimum Gasteiger partial charge on any atom is -0.326 e. The standard InChI is InChI=1S/C24H24F2N2O/c1-16-13-20(26)14-23-22(16)15-21(27-24(23)29)3-2-10-28-11-8-18(9-12-28)17-4-6-19(25)7-5-17/h4-8,13-15H,2-3,9-12H2,1H3,(H,27,29). The summed E-state index contributed by atoms with van der Waals surface area (Å²) < 4.78 is 26.6. The van der Waals surface area contributed by atoms with E-state index in [-0.39, 0.29) is 17.2 Å². The molecule has 2 heterocycles. The third kappa shape index (κ3) is 4.46. The number of fused-ring (bicyclic) bond motifs is 1. The third-order valence-electron chi connectivity index (χ3n) is 5.62. The van der Waals surface area contributed by atoms with Crippen molar-refractivity contribution in [2.45, 2.75) is 26.2 Å². The van der Waals surface area contributed by atoms with Gasteiger partial charge in [-0.15, -0.1) is 0 Å². The van der Waals surface area contributed by atoms with Crippen molar-refractivity contribution >= 4 is 16.3 Å². The Kier molecular flexibility index (Phi) is 5.58. The quantitative estimate of drug-likeness (QED) is 0.672. The summed E-state index contributed by atoms with van der Waals surface area (Å²) in [5.74, 6) is -0.592. The van der Waals surface area contributed by atoms with Gasteiger partial charge in [-0.25, -0.2) is 8.78 Å². The van der Waals surface area contributed by atoms with E-state index in [9.17, 15) is 13.6 Å². The summed E-state index contributed by atoms with van der Waals surface area (Å²) in [5, 5.41) is 1.22. The molecule has 1 aliphatic heterocycles. The van der Waals surface area contributed by atoms with E-state index >= 15 is 0 Å². The molecule has 4 rings (SSSR count). The Bertz CT molecular complexity index is 1120. The molecule has 0 saturated carbocycles. The molecule has 2 aromatic carbocycles. The van der Waals surface area contributed by atoms with Crippen LogP contribution in [0.4, 0.5) is 8.78 Å². The van der Waals surface area contributed by atoms with E-state index < -0.39 is 0 Å². The maximum Gasteiger partial charge on any atom is 0.256 e. The average Bonchev–Trinajstić information content (AvgIpc) is 2.70. The van der Waals surface area contributed by atoms with Gasteiger partial charge >= 0.3 is 0 Å². The maximum atomic E-state index is 13.6. The number of nitrogens with zero attached hydrogens (tertiary/aromatic N) is 1. The summed E-state index contributed by atoms with van der Waals surface area (Å²) in [6.45, 7) is 4.61. The van der Waals surface area contributed by atoms with Gasteiger partial charge in [-0.3, -0.25) is 9.69 Å². The number of pyridine rings is 1. The fourth-order valence-electron chi connectivity index (χ4n) is 4.03. The van der Waals surface area contributed by atoms with E-state index in [1.165, 1.54) is 29.8 Å². The van der Waals surface area contributed by atoms with Crippen LogP contribution >= 0.6 is 0 Å². The summed E-state index contributed by atoms with van der Waals surface area (Å²) in [6.07, 6.45) is 4.87. The number of benzene rings is 2. The molecule has 5 heteroatoms. The molecule has 0 amide bonds. The molecule has 0 unspecified atom stereocenters. The molecule has 0 atom stereocenters. The van der Waals surface area contributed by atoms with Gasteiger partial charge in [-0.05, 0) is 85.1 Å². The Morgan fingerprint density at radius 3 is 2.55 bits per heavy atom. The summed E-state index contributed by atoms with van der Waals surface area (Å²) in [4.78, 5) is 17.6. The van der Waals surface area contributed by atoms with Crippen LogP contribution in [0, 0.1) is 18.6 Å². The Labute approximate surface area is 168 Å². The fourth-order valence-corrected chi connectivity index (χ4v) is 4.03. The molecule has 3 nitrogen and oxygen atoms in total. The zero-order valence-electron chi connectivity index (χ0n) is 16.5. The topological polar surface area (TPSA) is 36.1 Å². The number of H-pyrrole nitrogens is 1. The average molecular weight is 394 g/mol. The number of aromatic amines is 1. The van der Waals surface area contributed by atoms with Crippen molar-refractivity contribution in [3.8, 4) is 0 Å². The largest absolute Gasteiger partial charge is 0.326 e. The highest BCUT2D eigenvalue weighted by atomic mass is 19.1. The van der Waals surface area contributed by atoms with Crippen molar-refractivity contribution in [1.82, 2.24) is 9.88 Å². The van der Waals surface area contributed by atoms with Gasteiger partial charge in [0.25, 0.3) is 5.56 Å². The molecule has 0 bridgehead atoms. The highest BCUT2D eigenvalue weighted by molar-refractivity contribution is 5.85. The molecule has 1 aliphatic rings. The van der Waals surface area contributed by atoms with E-state index in [1.54, 1.807) is 0 Å². The number of aromatic nitrogens is 1. The molecule has 1 N–H and O–H groups in total. The van der Waals surface area contributed by atoms with E-state index in [0.717, 1.165) is 61.1 Å². The lowest BCUT2D eigenvalue weighted by molar-refractivity contribution is 0.297. The van der Waals surface area contributed by atoms with Crippen molar-refractivity contribution in [2.24, 2.45) is 0 Å². The first-order valence-electron chi connectivity index (χ1n) is 9.99. The Morgan fingerprint density at radius 2 is 1.83 bits per heavy atom. The van der Waals surface area contributed by atoms with Crippen molar-refractivity contribution < 1.29 is 8.78 Å². The molecule has 1 aromatic heterocycles. The lowest BCUT2D eigenvalue weighted by Crippen LogP contribution is -2.29. The van der Waals surface area contributed by atoms with Gasteiger partial charge in [0.1, 0.15) is 11.6 Å². The highest BCUT2D eigenvalue weighted by Gasteiger charge is 2.13. The lowest BCUT2D eigenvalue weighted by atomic mass is 9.99. The molecule has 0 saturated heterocycles. The number of hydrogen-bond donors (Lipinski definition) is 1. The van der Waals surface area contributed by atoms with Crippen molar-refractivity contribution in [2.75, 3.05) is 19.6 Å². The monoisotopic (exact) mass is 394 g/mol. The van der Waals surface area contributed by atoms with Crippen LogP contribution in [0.2, 0.25) is 0 Å². The molecular formula is C24H24F2N2O. The summed E-state index contributed by atoms with van der Waals surface area (Å²) >= 11 is 0. The molecule has 29 heavy (non-hydrogen) atoms. The Balaban J connectivity index is 1.36. The van der Waals surface area contributed by atoms with Crippen LogP contribution in [0.25, 0.3) is 16.3 Å². The summed E-state index contributed by atoms with van der Waals surface area (Å²) in [5.41, 5.74) is 3.79. The molecule has 0 fully saturated rings. The van der Waals surface area contributed by atoms with Gasteiger partial charge in [0.2, 0.25) is 0 Å². The van der Waals surface area contributed by atoms with E-state index in [4.69, 9.17) is 0 Å². The maximum absolute atomic E-state index is 13.6. The molecular weight excluding hydrogens is 370 g/mol. The lowest BCUT2D eigenvalue weighted by Gasteiger charge is -2.26. The predicted molar refractivity (Wildman–Crippen MR) is 113 cm³/mol. The molecule has 150 valence electrons. The molecule has 0 aliphatic carbocycles. The smallest absolute Gasteiger partial charge is 0.256 e. The van der Waals surface area contributed by atoms with Gasteiger partial charge in [-0.1, -0.05) is 18.2 Å². The van der Waals surface area contributed by atoms with E-state index in [2.05, 4.69) is 16.0 Å². The number of nitrogens with one attached hydrogen (secondary N) is 1. The highest BCUT2D eigenvalue weighted by Crippen LogP contribution is 2.23. The minimum atomic E-state index is -0.383.